The summed E-state index contributed by atoms with van der Waals surface area (Å²) in [6.45, 7) is 3.77. The number of fused-ring (bicyclic) bond motifs is 1. The van der Waals surface area contributed by atoms with Gasteiger partial charge < -0.3 is 19.7 Å². The fourth-order valence-corrected chi connectivity index (χ4v) is 5.13. The number of hydroxylamine groups is 1. The molecule has 1 atom stereocenters. The fraction of sp³-hybridized carbons (Fsp3) is 0.265. The number of benzene rings is 2. The molecule has 2 aliphatic heterocycles. The summed E-state index contributed by atoms with van der Waals surface area (Å²) in [6.07, 6.45) is 3.57. The normalized spacial score (nSPS) is 17.3. The Morgan fingerprint density at radius 2 is 1.91 bits per heavy atom. The van der Waals surface area contributed by atoms with E-state index in [1.54, 1.807) is 73.1 Å². The first-order valence-electron chi connectivity index (χ1n) is 14.6. The summed E-state index contributed by atoms with van der Waals surface area (Å²) >= 11 is 0. The molecule has 0 bridgehead atoms. The van der Waals surface area contributed by atoms with E-state index < -0.39 is 11.4 Å². The van der Waals surface area contributed by atoms with Gasteiger partial charge in [-0.2, -0.15) is 10.6 Å². The Balaban J connectivity index is 1.29. The van der Waals surface area contributed by atoms with Gasteiger partial charge in [0, 0.05) is 42.0 Å². The molecule has 12 nitrogen and oxygen atoms in total. The van der Waals surface area contributed by atoms with Gasteiger partial charge in [0.25, 0.3) is 11.8 Å². The van der Waals surface area contributed by atoms with Gasteiger partial charge in [-0.1, -0.05) is 43.9 Å². The minimum Gasteiger partial charge on any atom is -0.497 e. The SMILES string of the molecule is COc1ccc2c(c1)C(=O)N(C[C@@]1(C#Cc3ccc(-c4nc(-c5cnn(C)c5)ccc4OC(=O)C(C)C)cc3)NOCNC1=O)C2. The predicted octanol–water partition coefficient (Wildman–Crippen LogP) is 3.07. The third kappa shape index (κ3) is 6.06. The highest BCUT2D eigenvalue weighted by molar-refractivity contribution is 6.00. The highest BCUT2D eigenvalue weighted by Gasteiger charge is 2.44. The Kier molecular flexibility index (Phi) is 8.27. The maximum Gasteiger partial charge on any atom is 0.313 e. The molecule has 1 saturated heterocycles. The lowest BCUT2D eigenvalue weighted by Gasteiger charge is -2.35. The molecular weight excluding hydrogens is 588 g/mol. The molecule has 2 amide bonds. The van der Waals surface area contributed by atoms with Crippen LogP contribution in [0.25, 0.3) is 22.5 Å². The summed E-state index contributed by atoms with van der Waals surface area (Å²) in [7, 11) is 3.37. The van der Waals surface area contributed by atoms with Crippen molar-refractivity contribution in [2.75, 3.05) is 20.4 Å². The third-order valence-corrected chi connectivity index (χ3v) is 7.68. The molecule has 1 fully saturated rings. The van der Waals surface area contributed by atoms with Crippen molar-refractivity contribution < 1.29 is 28.7 Å². The summed E-state index contributed by atoms with van der Waals surface area (Å²) in [5, 5.41) is 6.91. The summed E-state index contributed by atoms with van der Waals surface area (Å²) in [6, 6.07) is 16.0. The van der Waals surface area contributed by atoms with Crippen molar-refractivity contribution in [1.29, 1.82) is 0 Å². The smallest absolute Gasteiger partial charge is 0.313 e. The molecule has 0 aliphatic carbocycles. The minimum atomic E-state index is -1.52. The van der Waals surface area contributed by atoms with Crippen molar-refractivity contribution >= 4 is 17.8 Å². The topological polar surface area (TPSA) is 137 Å². The van der Waals surface area contributed by atoms with Crippen LogP contribution in [0, 0.1) is 17.8 Å². The lowest BCUT2D eigenvalue weighted by atomic mass is 9.97. The maximum atomic E-state index is 13.3. The molecule has 2 aliphatic rings. The van der Waals surface area contributed by atoms with Crippen LogP contribution in [0.15, 0.2) is 67.0 Å². The summed E-state index contributed by atoms with van der Waals surface area (Å²) < 4.78 is 12.7. The summed E-state index contributed by atoms with van der Waals surface area (Å²) in [5.41, 5.74) is 5.89. The summed E-state index contributed by atoms with van der Waals surface area (Å²) in [5.74, 6) is 5.68. The number of nitrogens with one attached hydrogen (secondary N) is 2. The Bertz CT molecular complexity index is 1890. The van der Waals surface area contributed by atoms with Crippen molar-refractivity contribution in [3.8, 4) is 45.9 Å². The molecule has 4 aromatic rings. The number of methoxy groups -OCH3 is 1. The Morgan fingerprint density at radius 3 is 2.61 bits per heavy atom. The van der Waals surface area contributed by atoms with Crippen LogP contribution < -0.4 is 20.3 Å². The average Bonchev–Trinajstić information content (AvgIpc) is 3.63. The van der Waals surface area contributed by atoms with Gasteiger partial charge in [-0.05, 0) is 42.0 Å². The highest BCUT2D eigenvalue weighted by atomic mass is 16.7. The predicted molar refractivity (Wildman–Crippen MR) is 167 cm³/mol. The van der Waals surface area contributed by atoms with Crippen molar-refractivity contribution in [3.05, 3.63) is 83.7 Å². The molecule has 0 spiro atoms. The first kappa shape index (κ1) is 30.5. The molecule has 0 radical (unpaired) electrons. The van der Waals surface area contributed by atoms with Crippen molar-refractivity contribution in [1.82, 2.24) is 30.5 Å². The largest absolute Gasteiger partial charge is 0.497 e. The van der Waals surface area contributed by atoms with E-state index in [2.05, 4.69) is 27.7 Å². The molecule has 4 heterocycles. The Hall–Kier alpha value is -5.51. The maximum absolute atomic E-state index is 13.3. The zero-order valence-corrected chi connectivity index (χ0v) is 25.8. The Morgan fingerprint density at radius 1 is 1.11 bits per heavy atom. The van der Waals surface area contributed by atoms with Gasteiger partial charge >= 0.3 is 5.97 Å². The van der Waals surface area contributed by atoms with Crippen LogP contribution in [-0.4, -0.2) is 63.4 Å². The van der Waals surface area contributed by atoms with E-state index in [-0.39, 0.29) is 31.1 Å². The average molecular weight is 621 g/mol. The highest BCUT2D eigenvalue weighted by Crippen LogP contribution is 2.32. The number of rotatable bonds is 7. The van der Waals surface area contributed by atoms with E-state index in [1.165, 1.54) is 0 Å². The molecule has 46 heavy (non-hydrogen) atoms. The van der Waals surface area contributed by atoms with E-state index in [0.717, 1.165) is 11.1 Å². The standard InChI is InChI=1S/C34H32N6O6/c1-21(2)32(42)46-29-12-11-28(25-16-36-39(3)17-25)37-30(29)23-7-5-22(6-8-23)13-14-34(33(43)35-20-45-38-34)19-40-18-24-9-10-26(44-4)15-27(24)31(40)41/h5-12,15-17,21,38H,18-20H2,1-4H3,(H,35,43)/t34-/m1/s1. The second-order valence-electron chi connectivity index (χ2n) is 11.3. The van der Waals surface area contributed by atoms with Crippen LogP contribution >= 0.6 is 0 Å². The van der Waals surface area contributed by atoms with Crippen LogP contribution in [0.3, 0.4) is 0 Å². The van der Waals surface area contributed by atoms with E-state index in [1.807, 2.05) is 31.4 Å². The molecule has 234 valence electrons. The number of amides is 2. The second-order valence-corrected chi connectivity index (χ2v) is 11.3. The number of carbonyl (C=O) groups is 3. The zero-order chi connectivity index (χ0) is 32.4. The van der Waals surface area contributed by atoms with Gasteiger partial charge in [0.1, 0.15) is 18.2 Å². The molecule has 0 unspecified atom stereocenters. The van der Waals surface area contributed by atoms with Gasteiger partial charge in [0.2, 0.25) is 0 Å². The lowest BCUT2D eigenvalue weighted by molar-refractivity contribution is -0.145. The van der Waals surface area contributed by atoms with Crippen molar-refractivity contribution in [3.63, 3.8) is 0 Å². The molecule has 12 heteroatoms. The van der Waals surface area contributed by atoms with Crippen LogP contribution in [-0.2, 0) is 28.0 Å². The third-order valence-electron chi connectivity index (χ3n) is 7.68. The molecule has 2 aromatic carbocycles. The minimum absolute atomic E-state index is 0.0306. The zero-order valence-electron chi connectivity index (χ0n) is 25.8. The monoisotopic (exact) mass is 620 g/mol. The molecular formula is C34H32N6O6. The number of nitrogens with zero attached hydrogens (tertiary/aromatic N) is 4. The van der Waals surface area contributed by atoms with E-state index >= 15 is 0 Å². The van der Waals surface area contributed by atoms with Crippen molar-refractivity contribution in [2.45, 2.75) is 25.9 Å². The van der Waals surface area contributed by atoms with Crippen LogP contribution in [0.4, 0.5) is 0 Å². The molecule has 2 N–H and O–H groups in total. The van der Waals surface area contributed by atoms with Gasteiger partial charge in [0.15, 0.2) is 11.3 Å². The van der Waals surface area contributed by atoms with Gasteiger partial charge in [0.05, 0.1) is 31.5 Å². The van der Waals surface area contributed by atoms with E-state index in [9.17, 15) is 14.4 Å². The van der Waals surface area contributed by atoms with E-state index in [4.69, 9.17) is 19.3 Å². The summed E-state index contributed by atoms with van der Waals surface area (Å²) in [4.78, 5) is 50.7. The van der Waals surface area contributed by atoms with Crippen molar-refractivity contribution in [2.24, 2.45) is 13.0 Å². The molecule has 6 rings (SSSR count). The fourth-order valence-electron chi connectivity index (χ4n) is 5.13. The number of hydrogen-bond acceptors (Lipinski definition) is 9. The first-order chi connectivity index (χ1) is 22.2. The molecule has 2 aromatic heterocycles. The van der Waals surface area contributed by atoms with Gasteiger partial charge in [-0.15, -0.1) is 0 Å². The van der Waals surface area contributed by atoms with Gasteiger partial charge in [-0.25, -0.2) is 4.98 Å². The quantitative estimate of drug-likeness (QED) is 0.236. The Labute approximate surface area is 265 Å². The van der Waals surface area contributed by atoms with Crippen LogP contribution in [0.1, 0.15) is 35.3 Å². The lowest BCUT2D eigenvalue weighted by Crippen LogP contribution is -2.66. The number of aryl methyl sites for hydroxylation is 1. The number of carbonyl (C=O) groups excluding carboxylic acids is 3. The molecule has 0 saturated carbocycles. The van der Waals surface area contributed by atoms with Crippen LogP contribution in [0.5, 0.6) is 11.5 Å². The first-order valence-corrected chi connectivity index (χ1v) is 14.6. The number of ether oxygens (including phenoxy) is 2. The number of hydrogen-bond donors (Lipinski definition) is 2. The number of esters is 1. The number of aromatic nitrogens is 3. The van der Waals surface area contributed by atoms with E-state index in [0.29, 0.717) is 46.1 Å². The van der Waals surface area contributed by atoms with Gasteiger partial charge in [-0.3, -0.25) is 23.9 Å². The second kappa shape index (κ2) is 12.5. The van der Waals surface area contributed by atoms with Crippen LogP contribution in [0.2, 0.25) is 0 Å². The number of pyridine rings is 1.